The summed E-state index contributed by atoms with van der Waals surface area (Å²) in [5.74, 6) is -0.167. The highest BCUT2D eigenvalue weighted by Crippen LogP contribution is 2.26. The second-order valence-electron chi connectivity index (χ2n) is 6.37. The van der Waals surface area contributed by atoms with Crippen molar-refractivity contribution in [2.45, 2.75) is 24.9 Å². The number of fused-ring (bicyclic) bond motifs is 1. The van der Waals surface area contributed by atoms with Crippen LogP contribution in [0.3, 0.4) is 0 Å². The molecule has 28 heavy (non-hydrogen) atoms. The van der Waals surface area contributed by atoms with E-state index in [1.54, 1.807) is 24.3 Å². The van der Waals surface area contributed by atoms with Crippen LogP contribution in [0.1, 0.15) is 12.8 Å². The lowest BCUT2D eigenvalue weighted by Crippen LogP contribution is -2.47. The van der Waals surface area contributed by atoms with Gasteiger partial charge in [0.1, 0.15) is 0 Å². The summed E-state index contributed by atoms with van der Waals surface area (Å²) >= 11 is 11.2. The molecule has 2 fully saturated rings. The average molecular weight is 426 g/mol. The number of anilines is 1. The van der Waals surface area contributed by atoms with Crippen LogP contribution in [0, 0.1) is 5.92 Å². The summed E-state index contributed by atoms with van der Waals surface area (Å²) in [5.41, 5.74) is 0.670. The third-order valence-electron chi connectivity index (χ3n) is 4.35. The third-order valence-corrected chi connectivity index (χ3v) is 4.71. The highest BCUT2D eigenvalue weighted by molar-refractivity contribution is 6.31. The van der Waals surface area contributed by atoms with Crippen LogP contribution < -0.4 is 16.0 Å². The van der Waals surface area contributed by atoms with Crippen molar-refractivity contribution in [1.82, 2.24) is 10.6 Å². The van der Waals surface area contributed by atoms with E-state index < -0.39 is 0 Å². The zero-order chi connectivity index (χ0) is 20.5. The summed E-state index contributed by atoms with van der Waals surface area (Å²) in [6, 6.07) is 6.82. The summed E-state index contributed by atoms with van der Waals surface area (Å²) in [5, 5.41) is 9.90. The maximum atomic E-state index is 12.2. The predicted octanol–water partition coefficient (Wildman–Crippen LogP) is 3.92. The lowest BCUT2D eigenvalue weighted by atomic mass is 9.93. The fourth-order valence-electron chi connectivity index (χ4n) is 3.10. The molecule has 2 aliphatic heterocycles. The van der Waals surface area contributed by atoms with Crippen molar-refractivity contribution in [3.05, 3.63) is 65.5 Å². The molecule has 3 unspecified atom stereocenters. The minimum Gasteiger partial charge on any atom is -0.356 e. The molecular formula is C20H22Cl2FN3O2. The first kappa shape index (κ1) is 22.1. The number of carbonyl (C=O) groups excluding carboxylic acids is 2. The van der Waals surface area contributed by atoms with E-state index in [1.165, 1.54) is 18.2 Å². The molecule has 3 rings (SSSR count). The maximum absolute atomic E-state index is 12.2. The predicted molar refractivity (Wildman–Crippen MR) is 111 cm³/mol. The van der Waals surface area contributed by atoms with Crippen molar-refractivity contribution in [2.75, 3.05) is 11.9 Å². The van der Waals surface area contributed by atoms with Crippen molar-refractivity contribution >= 4 is 40.7 Å². The fourth-order valence-corrected chi connectivity index (χ4v) is 3.36. The Bertz CT molecular complexity index is 782. The first-order valence-corrected chi connectivity index (χ1v) is 9.54. The number of nitrogens with one attached hydrogen (secondary N) is 3. The number of benzene rings is 1. The van der Waals surface area contributed by atoms with Gasteiger partial charge in [0.05, 0.1) is 18.3 Å². The number of hydrogen-bond donors (Lipinski definition) is 3. The Morgan fingerprint density at radius 1 is 1.36 bits per heavy atom. The third kappa shape index (κ3) is 6.78. The smallest absolute Gasteiger partial charge is 0.241 e. The molecule has 3 atom stereocenters. The van der Waals surface area contributed by atoms with Crippen molar-refractivity contribution in [2.24, 2.45) is 5.92 Å². The van der Waals surface area contributed by atoms with E-state index in [2.05, 4.69) is 22.5 Å². The second-order valence-corrected chi connectivity index (χ2v) is 7.29. The first-order chi connectivity index (χ1) is 13.4. The van der Waals surface area contributed by atoms with Crippen molar-refractivity contribution < 1.29 is 14.0 Å². The minimum atomic E-state index is -0.326. The summed E-state index contributed by atoms with van der Waals surface area (Å²) in [4.78, 5) is 24.0. The standard InChI is InChI=1S/C14H16ClN3O2.C6H6ClF/c15-8-2-1-3-9(6-8)17-14(20)12-7-10-11(18-12)4-5-16-13(10)19;1-6(7)4-2-3-5-8/h1-3,6,10-12,18H,4-5,7H2,(H,16,19)(H,17,20);2-5H,1H2/b;4-2-,5-3-. The van der Waals surface area contributed by atoms with Gasteiger partial charge in [0.15, 0.2) is 0 Å². The number of rotatable bonds is 4. The van der Waals surface area contributed by atoms with Gasteiger partial charge in [-0.05, 0) is 43.2 Å². The van der Waals surface area contributed by atoms with Crippen LogP contribution in [-0.2, 0) is 9.59 Å². The second kappa shape index (κ2) is 11.0. The first-order valence-electron chi connectivity index (χ1n) is 8.78. The van der Waals surface area contributed by atoms with Crippen LogP contribution in [0.2, 0.25) is 5.02 Å². The Labute approximate surface area is 173 Å². The SMILES string of the molecule is C=C(Cl)/C=C\C=C/F.O=C(Nc1cccc(Cl)c1)C1CC2C(=O)NCCC2N1. The van der Waals surface area contributed by atoms with E-state index in [0.717, 1.165) is 6.42 Å². The highest BCUT2D eigenvalue weighted by Gasteiger charge is 2.42. The van der Waals surface area contributed by atoms with E-state index in [-0.39, 0.29) is 29.8 Å². The van der Waals surface area contributed by atoms with Gasteiger partial charge < -0.3 is 16.0 Å². The lowest BCUT2D eigenvalue weighted by Gasteiger charge is -2.24. The largest absolute Gasteiger partial charge is 0.356 e. The van der Waals surface area contributed by atoms with E-state index in [9.17, 15) is 14.0 Å². The molecule has 8 heteroatoms. The molecule has 0 spiro atoms. The van der Waals surface area contributed by atoms with Crippen LogP contribution in [0.5, 0.6) is 0 Å². The van der Waals surface area contributed by atoms with E-state index in [0.29, 0.717) is 35.0 Å². The van der Waals surface area contributed by atoms with Gasteiger partial charge in [0.25, 0.3) is 0 Å². The average Bonchev–Trinajstić information content (AvgIpc) is 3.08. The normalized spacial score (nSPS) is 23.7. The Hall–Kier alpha value is -2.15. The van der Waals surface area contributed by atoms with Gasteiger partial charge in [-0.25, -0.2) is 4.39 Å². The zero-order valence-electron chi connectivity index (χ0n) is 15.1. The molecule has 150 valence electrons. The molecule has 1 aromatic carbocycles. The van der Waals surface area contributed by atoms with E-state index in [1.807, 2.05) is 0 Å². The molecule has 0 radical (unpaired) electrons. The van der Waals surface area contributed by atoms with Crippen molar-refractivity contribution in [3.8, 4) is 0 Å². The van der Waals surface area contributed by atoms with Crippen LogP contribution >= 0.6 is 23.2 Å². The molecule has 2 amide bonds. The quantitative estimate of drug-likeness (QED) is 0.640. The van der Waals surface area contributed by atoms with Gasteiger partial charge in [-0.1, -0.05) is 41.9 Å². The summed E-state index contributed by atoms with van der Waals surface area (Å²) in [6.45, 7) is 4.03. The maximum Gasteiger partial charge on any atom is 0.241 e. The van der Waals surface area contributed by atoms with Crippen LogP contribution in [0.25, 0.3) is 0 Å². The molecule has 0 aromatic heterocycles. The van der Waals surface area contributed by atoms with Crippen molar-refractivity contribution in [3.63, 3.8) is 0 Å². The number of carbonyl (C=O) groups is 2. The molecular weight excluding hydrogens is 404 g/mol. The summed E-state index contributed by atoms with van der Waals surface area (Å²) in [7, 11) is 0. The summed E-state index contributed by atoms with van der Waals surface area (Å²) in [6.07, 6.45) is 6.04. The molecule has 0 saturated carbocycles. The van der Waals surface area contributed by atoms with Crippen LogP contribution in [-0.4, -0.2) is 30.4 Å². The van der Waals surface area contributed by atoms with Gasteiger partial charge in [-0.3, -0.25) is 9.59 Å². The number of piperidine rings is 1. The molecule has 5 nitrogen and oxygen atoms in total. The molecule has 2 aliphatic rings. The Balaban J connectivity index is 0.000000300. The molecule has 1 aromatic rings. The van der Waals surface area contributed by atoms with Gasteiger partial charge >= 0.3 is 0 Å². The summed E-state index contributed by atoms with van der Waals surface area (Å²) < 4.78 is 11.1. The Morgan fingerprint density at radius 2 is 2.14 bits per heavy atom. The number of amides is 2. The molecule has 0 aliphatic carbocycles. The molecule has 2 heterocycles. The number of hydrogen-bond acceptors (Lipinski definition) is 3. The topological polar surface area (TPSA) is 70.2 Å². The highest BCUT2D eigenvalue weighted by atomic mass is 35.5. The minimum absolute atomic E-state index is 0.0480. The molecule has 3 N–H and O–H groups in total. The van der Waals surface area contributed by atoms with Gasteiger partial charge in [-0.15, -0.1) is 0 Å². The zero-order valence-corrected chi connectivity index (χ0v) is 16.6. The molecule has 0 bridgehead atoms. The molecule has 2 saturated heterocycles. The van der Waals surface area contributed by atoms with Gasteiger partial charge in [-0.2, -0.15) is 0 Å². The van der Waals surface area contributed by atoms with Crippen molar-refractivity contribution in [1.29, 1.82) is 0 Å². The number of allylic oxidation sites excluding steroid dienone is 4. The van der Waals surface area contributed by atoms with Gasteiger partial charge in [0, 0.05) is 28.3 Å². The Morgan fingerprint density at radius 3 is 2.79 bits per heavy atom. The number of halogens is 3. The van der Waals surface area contributed by atoms with Crippen LogP contribution in [0.4, 0.5) is 10.1 Å². The monoisotopic (exact) mass is 425 g/mol. The van der Waals surface area contributed by atoms with Gasteiger partial charge in [0.2, 0.25) is 11.8 Å². The van der Waals surface area contributed by atoms with E-state index in [4.69, 9.17) is 23.2 Å². The Kier molecular flexibility index (Phi) is 8.70. The van der Waals surface area contributed by atoms with E-state index >= 15 is 0 Å². The lowest BCUT2D eigenvalue weighted by molar-refractivity contribution is -0.126. The fraction of sp³-hybridized carbons (Fsp3) is 0.300. The van der Waals surface area contributed by atoms with Crippen LogP contribution in [0.15, 0.2) is 60.4 Å².